The third kappa shape index (κ3) is 2.58. The van der Waals surface area contributed by atoms with Gasteiger partial charge in [-0.1, -0.05) is 6.07 Å². The molecule has 0 aliphatic carbocycles. The minimum Gasteiger partial charge on any atom is -0.356 e. The summed E-state index contributed by atoms with van der Waals surface area (Å²) >= 11 is 0. The van der Waals surface area contributed by atoms with E-state index in [0.29, 0.717) is 6.04 Å². The molecule has 0 bridgehead atoms. The van der Waals surface area contributed by atoms with Crippen LogP contribution in [0.15, 0.2) is 43.0 Å². The smallest absolute Gasteiger partial charge is 0.231 e. The number of piperidine rings is 1. The molecular weight excluding hydrogens is 290 g/mol. The molecule has 0 spiro atoms. The van der Waals surface area contributed by atoms with E-state index in [0.717, 1.165) is 43.3 Å². The highest BCUT2D eigenvalue weighted by Crippen LogP contribution is 2.23. The second kappa shape index (κ2) is 5.83. The summed E-state index contributed by atoms with van der Waals surface area (Å²) < 4.78 is 2.05. The van der Waals surface area contributed by atoms with Crippen LogP contribution >= 0.6 is 0 Å². The van der Waals surface area contributed by atoms with Crippen molar-refractivity contribution < 1.29 is 0 Å². The van der Waals surface area contributed by atoms with E-state index in [4.69, 9.17) is 0 Å². The normalized spacial score (nSPS) is 16.0. The Hall–Kier alpha value is -2.70. The van der Waals surface area contributed by atoms with E-state index in [9.17, 15) is 0 Å². The number of nitrogens with zero attached hydrogens (tertiary/aromatic N) is 7. The summed E-state index contributed by atoms with van der Waals surface area (Å²) in [6.07, 6.45) is 7.55. The minimum atomic E-state index is 0.486. The Bertz CT molecular complexity index is 777. The van der Waals surface area contributed by atoms with Gasteiger partial charge >= 0.3 is 0 Å². The third-order valence-corrected chi connectivity index (χ3v) is 4.52. The molecule has 0 amide bonds. The summed E-state index contributed by atoms with van der Waals surface area (Å²) in [6, 6.07) is 8.41. The topological polar surface area (TPSA) is 62.5 Å². The van der Waals surface area contributed by atoms with Crippen molar-refractivity contribution in [2.75, 3.05) is 29.9 Å². The molecule has 4 rings (SSSR count). The number of aromatic nitrogens is 5. The molecule has 1 saturated heterocycles. The van der Waals surface area contributed by atoms with Gasteiger partial charge in [0.2, 0.25) is 5.95 Å². The lowest BCUT2D eigenvalue weighted by atomic mass is 10.0. The maximum absolute atomic E-state index is 4.35. The Morgan fingerprint density at radius 2 is 2.00 bits per heavy atom. The second-order valence-corrected chi connectivity index (χ2v) is 5.83. The Morgan fingerprint density at radius 1 is 1.13 bits per heavy atom. The molecule has 0 N–H and O–H groups in total. The van der Waals surface area contributed by atoms with Crippen LogP contribution in [0.5, 0.6) is 0 Å². The Labute approximate surface area is 134 Å². The maximum Gasteiger partial charge on any atom is 0.231 e. The first-order valence-electron chi connectivity index (χ1n) is 7.86. The lowest BCUT2D eigenvalue weighted by molar-refractivity contribution is 0.474. The van der Waals surface area contributed by atoms with Gasteiger partial charge in [-0.2, -0.15) is 0 Å². The molecular formula is C16H19N7. The molecule has 0 unspecified atom stereocenters. The maximum atomic E-state index is 4.35. The average Bonchev–Trinajstić information content (AvgIpc) is 3.06. The summed E-state index contributed by atoms with van der Waals surface area (Å²) in [5.74, 6) is 1.91. The fourth-order valence-electron chi connectivity index (χ4n) is 3.18. The number of fused-ring (bicyclic) bond motifs is 1. The quantitative estimate of drug-likeness (QED) is 0.733. The van der Waals surface area contributed by atoms with E-state index in [-0.39, 0.29) is 0 Å². The molecule has 3 aromatic heterocycles. The SMILES string of the molecule is CN(c1ccncn1)C1CCN(c2nnc3ccccn23)CC1. The van der Waals surface area contributed by atoms with Crippen LogP contribution in [0, 0.1) is 0 Å². The van der Waals surface area contributed by atoms with Crippen molar-refractivity contribution in [1.82, 2.24) is 24.6 Å². The zero-order chi connectivity index (χ0) is 15.6. The van der Waals surface area contributed by atoms with Crippen LogP contribution in [0.4, 0.5) is 11.8 Å². The molecule has 0 atom stereocenters. The van der Waals surface area contributed by atoms with E-state index in [1.807, 2.05) is 30.5 Å². The van der Waals surface area contributed by atoms with Gasteiger partial charge in [-0.3, -0.25) is 4.40 Å². The number of hydrogen-bond acceptors (Lipinski definition) is 6. The van der Waals surface area contributed by atoms with E-state index in [2.05, 4.69) is 41.4 Å². The number of rotatable bonds is 3. The van der Waals surface area contributed by atoms with Gasteiger partial charge in [-0.25, -0.2) is 9.97 Å². The van der Waals surface area contributed by atoms with Crippen molar-refractivity contribution in [1.29, 1.82) is 0 Å². The summed E-state index contributed by atoms with van der Waals surface area (Å²) in [4.78, 5) is 12.9. The van der Waals surface area contributed by atoms with Crippen molar-refractivity contribution in [3.8, 4) is 0 Å². The molecule has 1 fully saturated rings. The fraction of sp³-hybridized carbons (Fsp3) is 0.375. The van der Waals surface area contributed by atoms with Crippen LogP contribution in [0.2, 0.25) is 0 Å². The van der Waals surface area contributed by atoms with Crippen molar-refractivity contribution in [3.05, 3.63) is 43.0 Å². The number of hydrogen-bond donors (Lipinski definition) is 0. The van der Waals surface area contributed by atoms with E-state index in [1.54, 1.807) is 12.5 Å². The third-order valence-electron chi connectivity index (χ3n) is 4.52. The standard InChI is InChI=1S/C16H19N7/c1-21(14-5-8-17-12-18-14)13-6-10-22(11-7-13)16-20-19-15-4-2-3-9-23(15)16/h2-5,8-9,12-13H,6-7,10-11H2,1H3. The van der Waals surface area contributed by atoms with Crippen LogP contribution in [0.1, 0.15) is 12.8 Å². The van der Waals surface area contributed by atoms with E-state index in [1.165, 1.54) is 0 Å². The van der Waals surface area contributed by atoms with Gasteiger partial charge in [0.05, 0.1) is 0 Å². The molecule has 23 heavy (non-hydrogen) atoms. The molecule has 118 valence electrons. The summed E-state index contributed by atoms with van der Waals surface area (Å²) in [5.41, 5.74) is 0.891. The van der Waals surface area contributed by atoms with Crippen LogP contribution in [0.3, 0.4) is 0 Å². The van der Waals surface area contributed by atoms with Crippen LogP contribution in [-0.4, -0.2) is 50.7 Å². The summed E-state index contributed by atoms with van der Waals surface area (Å²) in [7, 11) is 2.11. The van der Waals surface area contributed by atoms with Crippen molar-refractivity contribution in [3.63, 3.8) is 0 Å². The molecule has 0 aromatic carbocycles. The van der Waals surface area contributed by atoms with Crippen molar-refractivity contribution in [2.24, 2.45) is 0 Å². The molecule has 7 heteroatoms. The molecule has 3 aromatic rings. The van der Waals surface area contributed by atoms with Crippen molar-refractivity contribution in [2.45, 2.75) is 18.9 Å². The second-order valence-electron chi connectivity index (χ2n) is 5.83. The first kappa shape index (κ1) is 13.9. The highest BCUT2D eigenvalue weighted by Gasteiger charge is 2.25. The molecule has 1 aliphatic rings. The Balaban J connectivity index is 1.47. The molecule has 1 aliphatic heterocycles. The first-order valence-corrected chi connectivity index (χ1v) is 7.86. The average molecular weight is 309 g/mol. The van der Waals surface area contributed by atoms with Gasteiger partial charge in [0.25, 0.3) is 0 Å². The lowest BCUT2D eigenvalue weighted by Crippen LogP contribution is -2.44. The molecule has 0 saturated carbocycles. The minimum absolute atomic E-state index is 0.486. The van der Waals surface area contributed by atoms with Gasteiger partial charge < -0.3 is 9.80 Å². The van der Waals surface area contributed by atoms with Crippen LogP contribution in [-0.2, 0) is 0 Å². The zero-order valence-electron chi connectivity index (χ0n) is 13.1. The van der Waals surface area contributed by atoms with E-state index < -0.39 is 0 Å². The van der Waals surface area contributed by atoms with Crippen LogP contribution in [0.25, 0.3) is 5.65 Å². The van der Waals surface area contributed by atoms with Gasteiger partial charge in [0.1, 0.15) is 12.1 Å². The first-order chi connectivity index (χ1) is 11.3. The monoisotopic (exact) mass is 309 g/mol. The van der Waals surface area contributed by atoms with Gasteiger partial charge in [0.15, 0.2) is 5.65 Å². The zero-order valence-corrected chi connectivity index (χ0v) is 13.1. The number of pyridine rings is 1. The van der Waals surface area contributed by atoms with Crippen LogP contribution < -0.4 is 9.80 Å². The van der Waals surface area contributed by atoms with Gasteiger partial charge in [0, 0.05) is 38.6 Å². The predicted molar refractivity (Wildman–Crippen MR) is 88.7 cm³/mol. The molecule has 4 heterocycles. The lowest BCUT2D eigenvalue weighted by Gasteiger charge is -2.37. The largest absolute Gasteiger partial charge is 0.356 e. The van der Waals surface area contributed by atoms with E-state index >= 15 is 0 Å². The Morgan fingerprint density at radius 3 is 2.78 bits per heavy atom. The van der Waals surface area contributed by atoms with Gasteiger partial charge in [-0.05, 0) is 31.0 Å². The summed E-state index contributed by atoms with van der Waals surface area (Å²) in [5, 5.41) is 8.59. The predicted octanol–water partition coefficient (Wildman–Crippen LogP) is 1.62. The molecule has 7 nitrogen and oxygen atoms in total. The molecule has 0 radical (unpaired) electrons. The fourth-order valence-corrected chi connectivity index (χ4v) is 3.18. The highest BCUT2D eigenvalue weighted by molar-refractivity contribution is 5.47. The van der Waals surface area contributed by atoms with Crippen molar-refractivity contribution >= 4 is 17.4 Å². The number of anilines is 2. The Kier molecular flexibility index (Phi) is 3.53. The highest BCUT2D eigenvalue weighted by atomic mass is 15.4. The van der Waals surface area contributed by atoms with Gasteiger partial charge in [-0.15, -0.1) is 10.2 Å². The summed E-state index contributed by atoms with van der Waals surface area (Å²) in [6.45, 7) is 1.94.